The van der Waals surface area contributed by atoms with Crippen molar-refractivity contribution in [2.45, 2.75) is 25.8 Å². The summed E-state index contributed by atoms with van der Waals surface area (Å²) >= 11 is 0. The molecule has 6 heteroatoms. The molecule has 1 atom stereocenters. The largest absolute Gasteiger partial charge is 0.480 e. The van der Waals surface area contributed by atoms with Gasteiger partial charge in [0, 0.05) is 5.56 Å². The number of nitrogens with one attached hydrogen (secondary N) is 1. The zero-order valence-corrected chi connectivity index (χ0v) is 10.4. The summed E-state index contributed by atoms with van der Waals surface area (Å²) in [5.74, 6) is -2.70. The number of rotatable bonds is 6. The summed E-state index contributed by atoms with van der Waals surface area (Å²) in [6.45, 7) is 1.82. The minimum absolute atomic E-state index is 0.0693. The van der Waals surface area contributed by atoms with Crippen LogP contribution in [0.3, 0.4) is 0 Å². The molecule has 6 nitrogen and oxygen atoms in total. The van der Waals surface area contributed by atoms with Crippen molar-refractivity contribution in [2.24, 2.45) is 0 Å². The lowest BCUT2D eigenvalue weighted by molar-refractivity contribution is -0.139. The summed E-state index contributed by atoms with van der Waals surface area (Å²) in [5.41, 5.74) is 0.298. The Bertz CT molecular complexity index is 480. The third-order valence-corrected chi connectivity index (χ3v) is 2.57. The van der Waals surface area contributed by atoms with Crippen molar-refractivity contribution in [3.05, 3.63) is 35.4 Å². The molecule has 0 aromatic heterocycles. The number of carbonyl (C=O) groups excluding carboxylic acids is 1. The van der Waals surface area contributed by atoms with Crippen molar-refractivity contribution >= 4 is 17.8 Å². The molecule has 0 saturated carbocycles. The van der Waals surface area contributed by atoms with Gasteiger partial charge in [-0.2, -0.15) is 0 Å². The maximum Gasteiger partial charge on any atom is 0.335 e. The molecular formula is C13H15NO5. The Hall–Kier alpha value is -2.37. The van der Waals surface area contributed by atoms with Gasteiger partial charge in [-0.15, -0.1) is 0 Å². The lowest BCUT2D eigenvalue weighted by Gasteiger charge is -2.13. The molecule has 0 radical (unpaired) electrons. The summed E-state index contributed by atoms with van der Waals surface area (Å²) in [5, 5.41) is 20.0. The first kappa shape index (κ1) is 14.7. The highest BCUT2D eigenvalue weighted by molar-refractivity contribution is 5.97. The van der Waals surface area contributed by atoms with Gasteiger partial charge in [-0.05, 0) is 30.7 Å². The molecule has 19 heavy (non-hydrogen) atoms. The van der Waals surface area contributed by atoms with Crippen molar-refractivity contribution in [3.8, 4) is 0 Å². The number of hydrogen-bond donors (Lipinski definition) is 3. The van der Waals surface area contributed by atoms with Crippen LogP contribution in [-0.4, -0.2) is 34.1 Å². The van der Waals surface area contributed by atoms with Gasteiger partial charge >= 0.3 is 11.9 Å². The van der Waals surface area contributed by atoms with E-state index in [2.05, 4.69) is 5.32 Å². The molecule has 0 aliphatic heterocycles. The standard InChI is InChI=1S/C13H15NO5/c1-2-3-10(13(18)19)14-11(15)8-4-6-9(7-5-8)12(16)17/h4-7,10H,2-3H2,1H3,(H,14,15)(H,16,17)(H,18,19). The van der Waals surface area contributed by atoms with Crippen LogP contribution in [0, 0.1) is 0 Å². The van der Waals surface area contributed by atoms with Crippen LogP contribution in [0.5, 0.6) is 0 Å². The number of benzene rings is 1. The number of aromatic carboxylic acids is 1. The Kier molecular flexibility index (Phi) is 5.05. The fourth-order valence-electron chi connectivity index (χ4n) is 1.55. The van der Waals surface area contributed by atoms with Gasteiger partial charge in [0.2, 0.25) is 0 Å². The normalized spacial score (nSPS) is 11.6. The van der Waals surface area contributed by atoms with Gasteiger partial charge in [-0.1, -0.05) is 13.3 Å². The van der Waals surface area contributed by atoms with E-state index in [-0.39, 0.29) is 11.1 Å². The molecule has 102 valence electrons. The van der Waals surface area contributed by atoms with Crippen LogP contribution in [0.1, 0.15) is 40.5 Å². The topological polar surface area (TPSA) is 104 Å². The molecule has 3 N–H and O–H groups in total. The van der Waals surface area contributed by atoms with E-state index >= 15 is 0 Å². The predicted molar refractivity (Wildman–Crippen MR) is 67.2 cm³/mol. The van der Waals surface area contributed by atoms with E-state index in [9.17, 15) is 14.4 Å². The minimum Gasteiger partial charge on any atom is -0.480 e. The number of carboxylic acid groups (broad SMARTS) is 2. The van der Waals surface area contributed by atoms with Gasteiger partial charge in [0.15, 0.2) is 0 Å². The lowest BCUT2D eigenvalue weighted by Crippen LogP contribution is -2.40. The Morgan fingerprint density at radius 2 is 1.63 bits per heavy atom. The third kappa shape index (κ3) is 4.09. The van der Waals surface area contributed by atoms with Gasteiger partial charge in [0.1, 0.15) is 6.04 Å². The highest BCUT2D eigenvalue weighted by atomic mass is 16.4. The molecule has 1 amide bonds. The third-order valence-electron chi connectivity index (χ3n) is 2.57. The average molecular weight is 265 g/mol. The number of hydrogen-bond acceptors (Lipinski definition) is 3. The van der Waals surface area contributed by atoms with E-state index in [1.165, 1.54) is 24.3 Å². The minimum atomic E-state index is -1.09. The fourth-order valence-corrected chi connectivity index (χ4v) is 1.55. The number of carbonyl (C=O) groups is 3. The van der Waals surface area contributed by atoms with E-state index in [4.69, 9.17) is 10.2 Å². The van der Waals surface area contributed by atoms with E-state index in [0.717, 1.165) is 0 Å². The number of amides is 1. The van der Waals surface area contributed by atoms with Crippen LogP contribution in [0.25, 0.3) is 0 Å². The lowest BCUT2D eigenvalue weighted by atomic mass is 10.1. The molecule has 0 bridgehead atoms. The average Bonchev–Trinajstić information content (AvgIpc) is 2.38. The first-order chi connectivity index (χ1) is 8.95. The summed E-state index contributed by atoms with van der Waals surface area (Å²) in [6, 6.07) is 4.36. The Balaban J connectivity index is 2.76. The van der Waals surface area contributed by atoms with Crippen LogP contribution < -0.4 is 5.32 Å². The van der Waals surface area contributed by atoms with E-state index < -0.39 is 23.9 Å². The van der Waals surface area contributed by atoms with Crippen LogP contribution in [-0.2, 0) is 4.79 Å². The second kappa shape index (κ2) is 6.53. The Morgan fingerprint density at radius 3 is 2.05 bits per heavy atom. The summed E-state index contributed by atoms with van der Waals surface area (Å²) in [4.78, 5) is 33.4. The number of aliphatic carboxylic acids is 1. The maximum atomic E-state index is 11.8. The fraction of sp³-hybridized carbons (Fsp3) is 0.308. The van der Waals surface area contributed by atoms with Gasteiger partial charge in [-0.3, -0.25) is 4.79 Å². The van der Waals surface area contributed by atoms with Crippen LogP contribution >= 0.6 is 0 Å². The van der Waals surface area contributed by atoms with Crippen molar-refractivity contribution < 1.29 is 24.6 Å². The zero-order valence-electron chi connectivity index (χ0n) is 10.4. The van der Waals surface area contributed by atoms with Crippen molar-refractivity contribution in [2.75, 3.05) is 0 Å². The summed E-state index contributed by atoms with van der Waals surface area (Å²) < 4.78 is 0. The summed E-state index contributed by atoms with van der Waals surface area (Å²) in [6.07, 6.45) is 0.976. The van der Waals surface area contributed by atoms with E-state index in [1.54, 1.807) is 0 Å². The quantitative estimate of drug-likeness (QED) is 0.720. The van der Waals surface area contributed by atoms with Crippen molar-refractivity contribution in [1.82, 2.24) is 5.32 Å². The smallest absolute Gasteiger partial charge is 0.335 e. The monoisotopic (exact) mass is 265 g/mol. The first-order valence-electron chi connectivity index (χ1n) is 5.82. The van der Waals surface area contributed by atoms with Gasteiger partial charge < -0.3 is 15.5 Å². The summed E-state index contributed by atoms with van der Waals surface area (Å²) in [7, 11) is 0. The molecule has 0 spiro atoms. The maximum absolute atomic E-state index is 11.8. The zero-order chi connectivity index (χ0) is 14.4. The van der Waals surface area contributed by atoms with Crippen molar-refractivity contribution in [1.29, 1.82) is 0 Å². The van der Waals surface area contributed by atoms with Gasteiger partial charge in [-0.25, -0.2) is 9.59 Å². The van der Waals surface area contributed by atoms with Gasteiger partial charge in [0.05, 0.1) is 5.56 Å². The van der Waals surface area contributed by atoms with Crippen LogP contribution in [0.4, 0.5) is 0 Å². The van der Waals surface area contributed by atoms with Crippen LogP contribution in [0.2, 0.25) is 0 Å². The van der Waals surface area contributed by atoms with Crippen molar-refractivity contribution in [3.63, 3.8) is 0 Å². The molecule has 0 fully saturated rings. The highest BCUT2D eigenvalue weighted by Gasteiger charge is 2.19. The molecule has 1 rings (SSSR count). The molecule has 1 aromatic rings. The molecule has 0 heterocycles. The SMILES string of the molecule is CCCC(NC(=O)c1ccc(C(=O)O)cc1)C(=O)O. The molecular weight excluding hydrogens is 250 g/mol. The predicted octanol–water partition coefficient (Wildman–Crippen LogP) is 1.37. The van der Waals surface area contributed by atoms with Gasteiger partial charge in [0.25, 0.3) is 5.91 Å². The van der Waals surface area contributed by atoms with E-state index in [1.807, 2.05) is 6.92 Å². The Labute approximate surface area is 110 Å². The Morgan fingerprint density at radius 1 is 1.11 bits per heavy atom. The first-order valence-corrected chi connectivity index (χ1v) is 5.82. The molecule has 1 aromatic carbocycles. The van der Waals surface area contributed by atoms with E-state index in [0.29, 0.717) is 12.8 Å². The second-order valence-corrected chi connectivity index (χ2v) is 4.04. The molecule has 0 aliphatic rings. The number of carboxylic acids is 2. The van der Waals surface area contributed by atoms with Crippen LogP contribution in [0.15, 0.2) is 24.3 Å². The molecule has 1 unspecified atom stereocenters. The molecule has 0 saturated heterocycles. The second-order valence-electron chi connectivity index (χ2n) is 4.04. The highest BCUT2D eigenvalue weighted by Crippen LogP contribution is 2.06. The molecule has 0 aliphatic carbocycles.